The summed E-state index contributed by atoms with van der Waals surface area (Å²) in [6, 6.07) is 0. The van der Waals surface area contributed by atoms with Crippen LogP contribution in [0, 0.1) is 11.8 Å². The Balaban J connectivity index is 2.88. The summed E-state index contributed by atoms with van der Waals surface area (Å²) in [4.78, 5) is 20.4. The van der Waals surface area contributed by atoms with Crippen molar-refractivity contribution in [2.24, 2.45) is 21.8 Å². The SMILES string of the molecule is C=C1NC(NC(=O)C(C)C)=NC(C)=C1/N=C\C(C)CC. The van der Waals surface area contributed by atoms with Crippen LogP contribution in [-0.4, -0.2) is 18.1 Å². The Labute approximate surface area is 121 Å². The van der Waals surface area contributed by atoms with E-state index in [2.05, 4.69) is 41.0 Å². The second-order valence-electron chi connectivity index (χ2n) is 5.31. The molecule has 0 spiro atoms. The van der Waals surface area contributed by atoms with Crippen LogP contribution < -0.4 is 10.6 Å². The lowest BCUT2D eigenvalue weighted by Crippen LogP contribution is -2.43. The Morgan fingerprint density at radius 1 is 1.50 bits per heavy atom. The highest BCUT2D eigenvalue weighted by molar-refractivity contribution is 5.99. The summed E-state index contributed by atoms with van der Waals surface area (Å²) < 4.78 is 0. The zero-order chi connectivity index (χ0) is 15.3. The van der Waals surface area contributed by atoms with Crippen molar-refractivity contribution in [3.8, 4) is 0 Å². The molecule has 1 unspecified atom stereocenters. The number of carbonyl (C=O) groups excluding carboxylic acids is 1. The molecule has 1 rings (SSSR count). The van der Waals surface area contributed by atoms with Gasteiger partial charge in [-0.25, -0.2) is 4.99 Å². The Morgan fingerprint density at radius 2 is 2.15 bits per heavy atom. The van der Waals surface area contributed by atoms with Gasteiger partial charge in [-0.15, -0.1) is 0 Å². The number of amides is 1. The highest BCUT2D eigenvalue weighted by atomic mass is 16.2. The van der Waals surface area contributed by atoms with Crippen LogP contribution in [0.1, 0.15) is 41.0 Å². The van der Waals surface area contributed by atoms with Gasteiger partial charge in [0.25, 0.3) is 0 Å². The molecule has 0 aromatic rings. The molecule has 1 atom stereocenters. The third-order valence-electron chi connectivity index (χ3n) is 3.05. The maximum atomic E-state index is 11.7. The summed E-state index contributed by atoms with van der Waals surface area (Å²) >= 11 is 0. The molecular weight excluding hydrogens is 252 g/mol. The molecule has 0 aliphatic carbocycles. The van der Waals surface area contributed by atoms with Crippen molar-refractivity contribution in [3.05, 3.63) is 23.7 Å². The second-order valence-corrected chi connectivity index (χ2v) is 5.31. The lowest BCUT2D eigenvalue weighted by Gasteiger charge is -2.20. The molecule has 1 heterocycles. The lowest BCUT2D eigenvalue weighted by atomic mass is 10.1. The van der Waals surface area contributed by atoms with Crippen LogP contribution in [0.25, 0.3) is 0 Å². The van der Waals surface area contributed by atoms with E-state index in [4.69, 9.17) is 0 Å². The molecule has 1 aliphatic heterocycles. The minimum Gasteiger partial charge on any atom is -0.324 e. The van der Waals surface area contributed by atoms with Crippen molar-refractivity contribution in [1.29, 1.82) is 0 Å². The van der Waals surface area contributed by atoms with Gasteiger partial charge in [0.1, 0.15) is 5.70 Å². The van der Waals surface area contributed by atoms with E-state index in [0.717, 1.165) is 17.8 Å². The predicted octanol–water partition coefficient (Wildman–Crippen LogP) is 2.58. The van der Waals surface area contributed by atoms with Crippen molar-refractivity contribution in [2.45, 2.75) is 41.0 Å². The van der Waals surface area contributed by atoms with Gasteiger partial charge < -0.3 is 5.32 Å². The molecule has 5 nitrogen and oxygen atoms in total. The van der Waals surface area contributed by atoms with E-state index < -0.39 is 0 Å². The number of aliphatic imine (C=N–C) groups is 2. The number of rotatable bonds is 4. The van der Waals surface area contributed by atoms with E-state index in [9.17, 15) is 4.79 Å². The number of nitrogens with zero attached hydrogens (tertiary/aromatic N) is 2. The van der Waals surface area contributed by atoms with E-state index in [1.807, 2.05) is 27.0 Å². The van der Waals surface area contributed by atoms with E-state index >= 15 is 0 Å². The van der Waals surface area contributed by atoms with Gasteiger partial charge in [0.05, 0.1) is 11.4 Å². The predicted molar refractivity (Wildman–Crippen MR) is 83.3 cm³/mol. The number of nitrogens with one attached hydrogen (secondary N) is 2. The first-order chi connectivity index (χ1) is 9.35. The molecule has 110 valence electrons. The van der Waals surface area contributed by atoms with Gasteiger partial charge in [0, 0.05) is 12.1 Å². The van der Waals surface area contributed by atoms with Crippen LogP contribution in [-0.2, 0) is 4.79 Å². The minimum absolute atomic E-state index is 0.0802. The molecule has 0 bridgehead atoms. The highest BCUT2D eigenvalue weighted by Crippen LogP contribution is 2.18. The summed E-state index contributed by atoms with van der Waals surface area (Å²) in [5.41, 5.74) is 2.12. The normalized spacial score (nSPS) is 17.3. The maximum absolute atomic E-state index is 11.7. The van der Waals surface area contributed by atoms with E-state index in [-0.39, 0.29) is 11.8 Å². The molecule has 5 heteroatoms. The highest BCUT2D eigenvalue weighted by Gasteiger charge is 2.17. The van der Waals surface area contributed by atoms with E-state index in [1.54, 1.807) is 0 Å². The Hall–Kier alpha value is -1.91. The lowest BCUT2D eigenvalue weighted by molar-refractivity contribution is -0.122. The quantitative estimate of drug-likeness (QED) is 0.775. The van der Waals surface area contributed by atoms with Crippen molar-refractivity contribution >= 4 is 18.1 Å². The summed E-state index contributed by atoms with van der Waals surface area (Å²) in [7, 11) is 0. The zero-order valence-corrected chi connectivity index (χ0v) is 12.9. The van der Waals surface area contributed by atoms with Crippen molar-refractivity contribution in [3.63, 3.8) is 0 Å². The fourth-order valence-electron chi connectivity index (χ4n) is 1.47. The molecule has 0 saturated carbocycles. The van der Waals surface area contributed by atoms with Gasteiger partial charge in [-0.2, -0.15) is 0 Å². The summed E-state index contributed by atoms with van der Waals surface area (Å²) in [5.74, 6) is 0.646. The van der Waals surface area contributed by atoms with Crippen LogP contribution >= 0.6 is 0 Å². The second kappa shape index (κ2) is 7.03. The smallest absolute Gasteiger partial charge is 0.229 e. The largest absolute Gasteiger partial charge is 0.324 e. The van der Waals surface area contributed by atoms with Gasteiger partial charge in [0.15, 0.2) is 0 Å². The van der Waals surface area contributed by atoms with Gasteiger partial charge in [-0.1, -0.05) is 34.3 Å². The van der Waals surface area contributed by atoms with Crippen molar-refractivity contribution in [1.82, 2.24) is 10.6 Å². The third-order valence-corrected chi connectivity index (χ3v) is 3.05. The first-order valence-corrected chi connectivity index (χ1v) is 6.96. The molecule has 0 fully saturated rings. The summed E-state index contributed by atoms with van der Waals surface area (Å²) in [5, 5.41) is 5.71. The van der Waals surface area contributed by atoms with E-state index in [1.165, 1.54) is 0 Å². The first-order valence-electron chi connectivity index (χ1n) is 6.96. The van der Waals surface area contributed by atoms with E-state index in [0.29, 0.717) is 17.6 Å². The average Bonchev–Trinajstić information content (AvgIpc) is 2.37. The topological polar surface area (TPSA) is 65.8 Å². The minimum atomic E-state index is -0.0955. The fraction of sp³-hybridized carbons (Fsp3) is 0.533. The molecule has 0 aromatic carbocycles. The Kier molecular flexibility index (Phi) is 5.67. The van der Waals surface area contributed by atoms with Gasteiger partial charge in [0.2, 0.25) is 11.9 Å². The number of carbonyl (C=O) groups is 1. The zero-order valence-electron chi connectivity index (χ0n) is 12.9. The monoisotopic (exact) mass is 276 g/mol. The van der Waals surface area contributed by atoms with Crippen LogP contribution in [0.2, 0.25) is 0 Å². The number of allylic oxidation sites excluding steroid dienone is 1. The maximum Gasteiger partial charge on any atom is 0.229 e. The molecule has 0 saturated heterocycles. The first kappa shape index (κ1) is 16.1. The third kappa shape index (κ3) is 4.33. The fourth-order valence-corrected chi connectivity index (χ4v) is 1.47. The molecule has 1 aliphatic rings. The van der Waals surface area contributed by atoms with Crippen LogP contribution in [0.3, 0.4) is 0 Å². The molecule has 0 radical (unpaired) electrons. The van der Waals surface area contributed by atoms with Crippen LogP contribution in [0.15, 0.2) is 33.7 Å². The standard InChI is InChI=1S/C15H24N4O/c1-7-10(4)8-16-13-11(5)17-15(18-12(13)6)19-14(20)9(2)3/h8-10H,5,7H2,1-4,6H3,(H2,17,18,19,20)/b16-8-. The van der Waals surface area contributed by atoms with Gasteiger partial charge in [-0.05, 0) is 19.3 Å². The molecule has 2 N–H and O–H groups in total. The Morgan fingerprint density at radius 3 is 2.65 bits per heavy atom. The number of guanidine groups is 1. The van der Waals surface area contributed by atoms with Crippen molar-refractivity contribution < 1.29 is 4.79 Å². The number of hydrogen-bond acceptors (Lipinski definition) is 4. The number of hydrogen-bond donors (Lipinski definition) is 2. The average molecular weight is 276 g/mol. The molecule has 1 amide bonds. The summed E-state index contributed by atoms with van der Waals surface area (Å²) in [6.07, 6.45) is 2.94. The van der Waals surface area contributed by atoms with Crippen LogP contribution in [0.4, 0.5) is 0 Å². The molecule has 0 aromatic heterocycles. The Bertz CT molecular complexity index is 486. The van der Waals surface area contributed by atoms with Crippen LogP contribution in [0.5, 0.6) is 0 Å². The van der Waals surface area contributed by atoms with Gasteiger partial charge >= 0.3 is 0 Å². The molecular formula is C15H24N4O. The van der Waals surface area contributed by atoms with Gasteiger partial charge in [-0.3, -0.25) is 15.1 Å². The summed E-state index contributed by atoms with van der Waals surface area (Å²) in [6.45, 7) is 13.7. The molecule has 20 heavy (non-hydrogen) atoms. The van der Waals surface area contributed by atoms with Crippen molar-refractivity contribution in [2.75, 3.05) is 0 Å².